The number of hydrogen-bond acceptors (Lipinski definition) is 4. The maximum Gasteiger partial charge on any atom is 0.348 e. The van der Waals surface area contributed by atoms with Crippen LogP contribution in [0.3, 0.4) is 0 Å². The Kier molecular flexibility index (Phi) is 4.57. The molecule has 1 N–H and O–H groups in total. The van der Waals surface area contributed by atoms with Crippen molar-refractivity contribution in [3.8, 4) is 10.4 Å². The molecule has 28 heavy (non-hydrogen) atoms. The quantitative estimate of drug-likeness (QED) is 0.686. The topological polar surface area (TPSA) is 70.0 Å². The van der Waals surface area contributed by atoms with Crippen LogP contribution in [-0.2, 0) is 0 Å². The van der Waals surface area contributed by atoms with Gasteiger partial charge in [0.1, 0.15) is 10.7 Å². The summed E-state index contributed by atoms with van der Waals surface area (Å²) in [6.45, 7) is 3.92. The number of amides is 1. The smallest absolute Gasteiger partial charge is 0.348 e. The number of amidine groups is 1. The zero-order chi connectivity index (χ0) is 19.8. The summed E-state index contributed by atoms with van der Waals surface area (Å²) in [5.74, 6) is -0.798. The third-order valence-corrected chi connectivity index (χ3v) is 5.74. The standard InChI is InChI=1S/C22H18N2O3S/c1-13(2)24(20-15-10-6-7-11-16(15)21(25)23-20)17-12-18(28-19(17)22(26)27)14-8-4-3-5-9-14/h3-13H,1-2H3,(H,26,27). The van der Waals surface area contributed by atoms with Crippen LogP contribution in [0.15, 0.2) is 65.7 Å². The average molecular weight is 390 g/mol. The van der Waals surface area contributed by atoms with Crippen molar-refractivity contribution in [3.05, 3.63) is 76.7 Å². The highest BCUT2D eigenvalue weighted by Gasteiger charge is 2.32. The van der Waals surface area contributed by atoms with Crippen LogP contribution in [0, 0.1) is 0 Å². The lowest BCUT2D eigenvalue weighted by Gasteiger charge is -2.28. The van der Waals surface area contributed by atoms with E-state index in [-0.39, 0.29) is 16.8 Å². The first kappa shape index (κ1) is 18.1. The number of benzene rings is 2. The number of carboxylic acids is 1. The molecule has 0 fully saturated rings. The minimum atomic E-state index is -0.994. The third-order valence-electron chi connectivity index (χ3n) is 4.57. The summed E-state index contributed by atoms with van der Waals surface area (Å²) in [5.41, 5.74) is 2.77. The lowest BCUT2D eigenvalue weighted by Crippen LogP contribution is -2.37. The first-order valence-electron chi connectivity index (χ1n) is 8.91. The number of rotatable bonds is 4. The van der Waals surface area contributed by atoms with E-state index in [1.165, 1.54) is 11.3 Å². The van der Waals surface area contributed by atoms with E-state index in [0.717, 1.165) is 16.0 Å². The first-order valence-corrected chi connectivity index (χ1v) is 9.73. The fourth-order valence-corrected chi connectivity index (χ4v) is 4.35. The third kappa shape index (κ3) is 3.01. The zero-order valence-electron chi connectivity index (χ0n) is 15.4. The fraction of sp³-hybridized carbons (Fsp3) is 0.136. The highest BCUT2D eigenvalue weighted by atomic mass is 32.1. The van der Waals surface area contributed by atoms with Gasteiger partial charge >= 0.3 is 5.97 Å². The van der Waals surface area contributed by atoms with Crippen LogP contribution in [-0.4, -0.2) is 28.9 Å². The van der Waals surface area contributed by atoms with Crippen LogP contribution < -0.4 is 4.90 Å². The molecule has 0 saturated heterocycles. The van der Waals surface area contributed by atoms with Crippen LogP contribution >= 0.6 is 11.3 Å². The van der Waals surface area contributed by atoms with Crippen molar-refractivity contribution >= 4 is 34.7 Å². The summed E-state index contributed by atoms with van der Waals surface area (Å²) < 4.78 is 0. The van der Waals surface area contributed by atoms with Crippen LogP contribution in [0.4, 0.5) is 5.69 Å². The molecule has 0 aliphatic carbocycles. The number of anilines is 1. The molecule has 1 aliphatic rings. The molecule has 4 rings (SSSR count). The van der Waals surface area contributed by atoms with Gasteiger partial charge in [0, 0.05) is 16.5 Å². The van der Waals surface area contributed by atoms with E-state index in [9.17, 15) is 14.7 Å². The van der Waals surface area contributed by atoms with E-state index in [1.54, 1.807) is 12.1 Å². The molecule has 0 radical (unpaired) electrons. The number of fused-ring (bicyclic) bond motifs is 1. The average Bonchev–Trinajstić information content (AvgIpc) is 3.26. The molecule has 140 valence electrons. The Labute approximate surface area is 166 Å². The molecule has 3 aromatic rings. The van der Waals surface area contributed by atoms with Gasteiger partial charge in [0.2, 0.25) is 0 Å². The second kappa shape index (κ2) is 7.05. The minimum absolute atomic E-state index is 0.0889. The second-order valence-corrected chi connectivity index (χ2v) is 7.80. The molecule has 0 bridgehead atoms. The summed E-state index contributed by atoms with van der Waals surface area (Å²) in [6.07, 6.45) is 0. The van der Waals surface area contributed by atoms with Gasteiger partial charge in [-0.2, -0.15) is 4.99 Å². The van der Waals surface area contributed by atoms with Crippen molar-refractivity contribution < 1.29 is 14.7 Å². The number of nitrogens with zero attached hydrogens (tertiary/aromatic N) is 2. The normalized spacial score (nSPS) is 12.8. The van der Waals surface area contributed by atoms with Gasteiger partial charge in [-0.15, -0.1) is 11.3 Å². The van der Waals surface area contributed by atoms with Gasteiger partial charge in [-0.25, -0.2) is 4.79 Å². The summed E-state index contributed by atoms with van der Waals surface area (Å²) in [4.78, 5) is 31.5. The lowest BCUT2D eigenvalue weighted by molar-refractivity contribution is 0.0702. The molecule has 0 atom stereocenters. The van der Waals surface area contributed by atoms with E-state index < -0.39 is 5.97 Å². The summed E-state index contributed by atoms with van der Waals surface area (Å²) in [7, 11) is 0. The highest BCUT2D eigenvalue weighted by Crippen LogP contribution is 2.39. The minimum Gasteiger partial charge on any atom is -0.477 e. The Morgan fingerprint density at radius 3 is 2.32 bits per heavy atom. The Morgan fingerprint density at radius 2 is 1.68 bits per heavy atom. The summed E-state index contributed by atoms with van der Waals surface area (Å²) >= 11 is 1.23. The highest BCUT2D eigenvalue weighted by molar-refractivity contribution is 7.18. The SMILES string of the molecule is CC(C)N(C1=NC(=O)c2ccccc21)c1cc(-c2ccccc2)sc1C(=O)O. The molecular formula is C22H18N2O3S. The number of aliphatic imine (C=N–C) groups is 1. The number of thiophene rings is 1. The molecule has 2 heterocycles. The number of carbonyl (C=O) groups is 2. The van der Waals surface area contributed by atoms with Crippen molar-refractivity contribution in [3.63, 3.8) is 0 Å². The van der Waals surface area contributed by atoms with Crippen molar-refractivity contribution in [1.82, 2.24) is 0 Å². The fourth-order valence-electron chi connectivity index (χ4n) is 3.36. The number of aromatic carboxylic acids is 1. The van der Waals surface area contributed by atoms with Gasteiger partial charge < -0.3 is 10.0 Å². The Bertz CT molecular complexity index is 1100. The van der Waals surface area contributed by atoms with E-state index in [0.29, 0.717) is 17.1 Å². The predicted octanol–water partition coefficient (Wildman–Crippen LogP) is 4.93. The van der Waals surface area contributed by atoms with Crippen molar-refractivity contribution in [2.45, 2.75) is 19.9 Å². The van der Waals surface area contributed by atoms with E-state index in [4.69, 9.17) is 0 Å². The van der Waals surface area contributed by atoms with Crippen LogP contribution in [0.25, 0.3) is 10.4 Å². The Hall–Kier alpha value is -3.25. The van der Waals surface area contributed by atoms with Gasteiger partial charge in [0.15, 0.2) is 0 Å². The molecule has 6 heteroatoms. The molecule has 0 saturated carbocycles. The number of carboxylic acid groups (broad SMARTS) is 1. The molecule has 2 aromatic carbocycles. The summed E-state index contributed by atoms with van der Waals surface area (Å²) in [5, 5.41) is 9.82. The molecule has 0 spiro atoms. The van der Waals surface area contributed by atoms with E-state index >= 15 is 0 Å². The number of hydrogen-bond donors (Lipinski definition) is 1. The second-order valence-electron chi connectivity index (χ2n) is 6.75. The molecule has 1 amide bonds. The van der Waals surface area contributed by atoms with Gasteiger partial charge in [-0.1, -0.05) is 48.5 Å². The van der Waals surface area contributed by atoms with E-state index in [2.05, 4.69) is 4.99 Å². The lowest BCUT2D eigenvalue weighted by atomic mass is 10.1. The molecule has 1 aromatic heterocycles. The summed E-state index contributed by atoms with van der Waals surface area (Å²) in [6, 6.07) is 18.7. The van der Waals surface area contributed by atoms with Crippen molar-refractivity contribution in [1.29, 1.82) is 0 Å². The van der Waals surface area contributed by atoms with E-state index in [1.807, 2.05) is 67.3 Å². The van der Waals surface area contributed by atoms with Crippen molar-refractivity contribution in [2.24, 2.45) is 4.99 Å². The van der Waals surface area contributed by atoms with Crippen LogP contribution in [0.2, 0.25) is 0 Å². The van der Waals surface area contributed by atoms with Gasteiger partial charge in [0.05, 0.1) is 11.3 Å². The van der Waals surface area contributed by atoms with Crippen LogP contribution in [0.1, 0.15) is 39.4 Å². The van der Waals surface area contributed by atoms with Gasteiger partial charge in [-0.3, -0.25) is 4.79 Å². The van der Waals surface area contributed by atoms with Gasteiger partial charge in [0.25, 0.3) is 5.91 Å². The zero-order valence-corrected chi connectivity index (χ0v) is 16.2. The molecule has 1 aliphatic heterocycles. The molecule has 5 nitrogen and oxygen atoms in total. The first-order chi connectivity index (χ1) is 13.5. The van der Waals surface area contributed by atoms with Gasteiger partial charge in [-0.05, 0) is 31.5 Å². The molecule has 0 unspecified atom stereocenters. The maximum absolute atomic E-state index is 12.4. The predicted molar refractivity (Wildman–Crippen MR) is 112 cm³/mol. The van der Waals surface area contributed by atoms with Crippen LogP contribution in [0.5, 0.6) is 0 Å². The Morgan fingerprint density at radius 1 is 1.04 bits per heavy atom. The molecular weight excluding hydrogens is 372 g/mol. The Balaban J connectivity index is 1.88. The number of carbonyl (C=O) groups excluding carboxylic acids is 1. The maximum atomic E-state index is 12.4. The monoisotopic (exact) mass is 390 g/mol. The largest absolute Gasteiger partial charge is 0.477 e. The van der Waals surface area contributed by atoms with Crippen molar-refractivity contribution in [2.75, 3.05) is 4.90 Å².